The normalized spacial score (nSPS) is 14.0. The van der Waals surface area contributed by atoms with E-state index in [9.17, 15) is 23.8 Å². The predicted molar refractivity (Wildman–Crippen MR) is 235 cm³/mol. The molecule has 0 aromatic carbocycles. The van der Waals surface area contributed by atoms with Gasteiger partial charge in [-0.3, -0.25) is 23.4 Å². The van der Waals surface area contributed by atoms with E-state index in [1.54, 1.807) is 0 Å². The smallest absolute Gasteiger partial charge is 0.472 e. The van der Waals surface area contributed by atoms with E-state index in [-0.39, 0.29) is 19.4 Å². The highest BCUT2D eigenvalue weighted by molar-refractivity contribution is 7.47. The summed E-state index contributed by atoms with van der Waals surface area (Å²) in [6.07, 6.45) is 45.0. The molecule has 0 fully saturated rings. The molecule has 58 heavy (non-hydrogen) atoms. The molecule has 0 heterocycles. The molecule has 338 valence electrons. The van der Waals surface area contributed by atoms with E-state index in [1.165, 1.54) is 122 Å². The highest BCUT2D eigenvalue weighted by atomic mass is 31.2. The Morgan fingerprint density at radius 3 is 1.47 bits per heavy atom. The predicted octanol–water partition coefficient (Wildman–Crippen LogP) is 12.4. The molecule has 0 spiro atoms. The van der Waals surface area contributed by atoms with Crippen LogP contribution in [0.5, 0.6) is 0 Å². The Kier molecular flexibility index (Phi) is 39.8. The number of phosphoric acid groups is 1. The second-order valence-electron chi connectivity index (χ2n) is 15.5. The van der Waals surface area contributed by atoms with Gasteiger partial charge < -0.3 is 25.2 Å². The number of unbranched alkanes of at least 4 members (excludes halogenated alkanes) is 23. The Balaban J connectivity index is 4.35. The maximum absolute atomic E-state index is 12.6. The maximum atomic E-state index is 12.6. The number of aliphatic carboxylic acids is 1. The molecule has 0 amide bonds. The Morgan fingerprint density at radius 1 is 0.534 bits per heavy atom. The number of carboxylic acid groups (broad SMARTS) is 1. The fourth-order valence-electron chi connectivity index (χ4n) is 6.23. The third kappa shape index (κ3) is 40.5. The number of carbonyl (C=O) groups excluding carboxylic acids is 2. The van der Waals surface area contributed by atoms with Crippen LogP contribution < -0.4 is 5.73 Å². The highest BCUT2D eigenvalue weighted by Gasteiger charge is 2.28. The first-order chi connectivity index (χ1) is 28.1. The zero-order valence-electron chi connectivity index (χ0n) is 36.6. The van der Waals surface area contributed by atoms with Gasteiger partial charge >= 0.3 is 25.7 Å². The zero-order chi connectivity index (χ0) is 42.8. The van der Waals surface area contributed by atoms with Gasteiger partial charge in [-0.25, -0.2) is 4.57 Å². The molecule has 0 aromatic heterocycles. The number of phosphoric ester groups is 1. The van der Waals surface area contributed by atoms with E-state index < -0.39 is 51.1 Å². The summed E-state index contributed by atoms with van der Waals surface area (Å²) in [6, 6.07) is -1.53. The zero-order valence-corrected chi connectivity index (χ0v) is 37.5. The molecule has 12 heteroatoms. The number of ether oxygens (including phenoxy) is 2. The van der Waals surface area contributed by atoms with E-state index in [4.69, 9.17) is 24.8 Å². The van der Waals surface area contributed by atoms with Crippen molar-refractivity contribution >= 4 is 25.7 Å². The fraction of sp³-hybridized carbons (Fsp3) is 0.804. The molecule has 0 bridgehead atoms. The van der Waals surface area contributed by atoms with Gasteiger partial charge in [0.25, 0.3) is 0 Å². The van der Waals surface area contributed by atoms with Crippen molar-refractivity contribution in [2.45, 2.75) is 219 Å². The maximum Gasteiger partial charge on any atom is 0.472 e. The van der Waals surface area contributed by atoms with E-state index in [2.05, 4.69) is 48.8 Å². The van der Waals surface area contributed by atoms with Gasteiger partial charge in [0.2, 0.25) is 0 Å². The van der Waals surface area contributed by atoms with Crippen molar-refractivity contribution in [3.63, 3.8) is 0 Å². The Labute approximate surface area is 353 Å². The largest absolute Gasteiger partial charge is 0.480 e. The lowest BCUT2D eigenvalue weighted by Gasteiger charge is -2.20. The summed E-state index contributed by atoms with van der Waals surface area (Å²) >= 11 is 0. The van der Waals surface area contributed by atoms with Crippen LogP contribution in [0.1, 0.15) is 206 Å². The van der Waals surface area contributed by atoms with Crippen LogP contribution in [0.2, 0.25) is 0 Å². The van der Waals surface area contributed by atoms with Crippen molar-refractivity contribution in [3.8, 4) is 0 Å². The number of carboxylic acids is 1. The van der Waals surface area contributed by atoms with Crippen molar-refractivity contribution in [1.82, 2.24) is 0 Å². The van der Waals surface area contributed by atoms with Gasteiger partial charge in [0.15, 0.2) is 6.10 Å². The van der Waals surface area contributed by atoms with E-state index in [0.29, 0.717) is 12.8 Å². The number of nitrogens with two attached hydrogens (primary N) is 1. The standard InChI is InChI=1S/C46H84NO10P/c1-3-5-7-9-11-13-15-17-19-20-21-22-24-26-28-30-32-34-36-38-45(49)57-42(40-55-58(52,53)56-41-43(47)46(50)51)39-54-44(48)37-35-33-31-29-27-25-23-18-16-14-12-10-8-6-4-2/h11,13,17,19,31,33,42-43H,3-10,12,14-16,18,20-30,32,34-41,47H2,1-2H3,(H,50,51)(H,52,53)/b13-11+,19-17+,33-31+/t42-,43+/m1/s1. The summed E-state index contributed by atoms with van der Waals surface area (Å²) in [7, 11) is -4.72. The SMILES string of the molecule is CCCCC/C=C/C/C=C/CCCCCCCCCCCC(=O)O[C@H](COC(=O)CC/C=C/CCCCCCCCCCCCC)COP(=O)(O)OC[C@H](N)C(=O)O. The molecule has 4 N–H and O–H groups in total. The Bertz CT molecular complexity index is 1130. The van der Waals surface area contributed by atoms with Crippen LogP contribution in [0.3, 0.4) is 0 Å². The van der Waals surface area contributed by atoms with Crippen molar-refractivity contribution in [2.24, 2.45) is 5.73 Å². The summed E-state index contributed by atoms with van der Waals surface area (Å²) in [4.78, 5) is 46.0. The van der Waals surface area contributed by atoms with Gasteiger partial charge in [-0.05, 0) is 57.8 Å². The minimum Gasteiger partial charge on any atom is -0.480 e. The molecule has 1 unspecified atom stereocenters. The van der Waals surface area contributed by atoms with Crippen molar-refractivity contribution in [2.75, 3.05) is 19.8 Å². The molecule has 0 aromatic rings. The molecule has 0 aliphatic rings. The fourth-order valence-corrected chi connectivity index (χ4v) is 7.01. The number of allylic oxidation sites excluding steroid dienone is 6. The van der Waals surface area contributed by atoms with Crippen molar-refractivity contribution in [1.29, 1.82) is 0 Å². The van der Waals surface area contributed by atoms with Crippen molar-refractivity contribution < 1.29 is 47.5 Å². The number of hydrogen-bond donors (Lipinski definition) is 3. The van der Waals surface area contributed by atoms with Crippen LogP contribution in [0.25, 0.3) is 0 Å². The number of hydrogen-bond acceptors (Lipinski definition) is 9. The third-order valence-electron chi connectivity index (χ3n) is 9.87. The minimum absolute atomic E-state index is 0.139. The molecule has 0 aliphatic carbocycles. The average molecular weight is 842 g/mol. The summed E-state index contributed by atoms with van der Waals surface area (Å²) < 4.78 is 32.7. The van der Waals surface area contributed by atoms with E-state index >= 15 is 0 Å². The molecule has 0 aliphatic heterocycles. The third-order valence-corrected chi connectivity index (χ3v) is 10.8. The van der Waals surface area contributed by atoms with Crippen LogP contribution >= 0.6 is 7.82 Å². The molecule has 11 nitrogen and oxygen atoms in total. The number of carbonyl (C=O) groups is 3. The van der Waals surface area contributed by atoms with Crippen LogP contribution in [-0.4, -0.2) is 59.9 Å². The lowest BCUT2D eigenvalue weighted by molar-refractivity contribution is -0.161. The van der Waals surface area contributed by atoms with Gasteiger partial charge in [-0.15, -0.1) is 0 Å². The number of esters is 2. The number of rotatable bonds is 43. The van der Waals surface area contributed by atoms with Gasteiger partial charge in [0.05, 0.1) is 13.2 Å². The second kappa shape index (κ2) is 41.4. The van der Waals surface area contributed by atoms with Crippen LogP contribution in [0.15, 0.2) is 36.5 Å². The Hall–Kier alpha value is -2.30. The summed E-state index contributed by atoms with van der Waals surface area (Å²) in [5.74, 6) is -2.44. The van der Waals surface area contributed by atoms with E-state index in [0.717, 1.165) is 44.9 Å². The van der Waals surface area contributed by atoms with Crippen LogP contribution in [0, 0.1) is 0 Å². The minimum atomic E-state index is -4.72. The van der Waals surface area contributed by atoms with Gasteiger partial charge in [0.1, 0.15) is 12.6 Å². The monoisotopic (exact) mass is 842 g/mol. The van der Waals surface area contributed by atoms with Crippen LogP contribution in [0.4, 0.5) is 0 Å². The molecule has 3 atom stereocenters. The van der Waals surface area contributed by atoms with E-state index in [1.807, 2.05) is 6.08 Å². The summed E-state index contributed by atoms with van der Waals surface area (Å²) in [6.45, 7) is 2.75. The van der Waals surface area contributed by atoms with Crippen LogP contribution in [-0.2, 0) is 37.5 Å². The van der Waals surface area contributed by atoms with Gasteiger partial charge in [-0.2, -0.15) is 0 Å². The summed E-state index contributed by atoms with van der Waals surface area (Å²) in [5, 5.41) is 8.89. The van der Waals surface area contributed by atoms with Gasteiger partial charge in [0, 0.05) is 12.8 Å². The first kappa shape index (κ1) is 55.7. The Morgan fingerprint density at radius 2 is 0.948 bits per heavy atom. The highest BCUT2D eigenvalue weighted by Crippen LogP contribution is 2.43. The molecule has 0 saturated heterocycles. The lowest BCUT2D eigenvalue weighted by Crippen LogP contribution is -2.34. The molecule has 0 radical (unpaired) electrons. The first-order valence-corrected chi connectivity index (χ1v) is 24.5. The topological polar surface area (TPSA) is 172 Å². The molecular weight excluding hydrogens is 757 g/mol. The second-order valence-corrected chi connectivity index (χ2v) is 17.0. The molecular formula is C46H84NO10P. The van der Waals surface area contributed by atoms with Crippen molar-refractivity contribution in [3.05, 3.63) is 36.5 Å². The molecule has 0 saturated carbocycles. The van der Waals surface area contributed by atoms with Gasteiger partial charge in [-0.1, -0.05) is 172 Å². The summed E-state index contributed by atoms with van der Waals surface area (Å²) in [5.41, 5.74) is 5.34. The molecule has 0 rings (SSSR count). The first-order valence-electron chi connectivity index (χ1n) is 23.0. The average Bonchev–Trinajstić information content (AvgIpc) is 3.20. The lowest BCUT2D eigenvalue weighted by atomic mass is 10.1. The quantitative estimate of drug-likeness (QED) is 0.0231.